The molecule has 0 fully saturated rings. The monoisotopic (exact) mass is 384 g/mol. The third kappa shape index (κ3) is 5.03. The highest BCUT2D eigenvalue weighted by Gasteiger charge is 2.28. The molecule has 0 saturated carbocycles. The van der Waals surface area contributed by atoms with E-state index in [9.17, 15) is 19.5 Å². The number of esters is 1. The summed E-state index contributed by atoms with van der Waals surface area (Å²) in [5.41, 5.74) is 1.32. The Morgan fingerprint density at radius 2 is 2.08 bits per heavy atom. The molecule has 1 heterocycles. The van der Waals surface area contributed by atoms with Gasteiger partial charge in [0.05, 0.1) is 37.7 Å². The van der Waals surface area contributed by atoms with E-state index in [0.29, 0.717) is 10.6 Å². The predicted molar refractivity (Wildman–Crippen MR) is 92.8 cm³/mol. The van der Waals surface area contributed by atoms with E-state index in [-0.39, 0.29) is 26.2 Å². The number of ether oxygens (including phenoxy) is 1. The van der Waals surface area contributed by atoms with E-state index in [0.717, 1.165) is 36.1 Å². The summed E-state index contributed by atoms with van der Waals surface area (Å²) in [6.45, 7) is 1.92. The van der Waals surface area contributed by atoms with Crippen LogP contribution in [0.5, 0.6) is 0 Å². The van der Waals surface area contributed by atoms with E-state index in [1.165, 1.54) is 16.7 Å². The van der Waals surface area contributed by atoms with Gasteiger partial charge in [-0.05, 0) is 38.2 Å². The van der Waals surface area contributed by atoms with Crippen LogP contribution in [0.15, 0.2) is 0 Å². The van der Waals surface area contributed by atoms with Crippen LogP contribution in [-0.4, -0.2) is 48.8 Å². The Balaban J connectivity index is 2.17. The highest BCUT2D eigenvalue weighted by atomic mass is 32.1. The smallest absolute Gasteiger partial charge is 0.341 e. The second-order valence-corrected chi connectivity index (χ2v) is 7.17. The van der Waals surface area contributed by atoms with Gasteiger partial charge in [-0.15, -0.1) is 11.3 Å². The maximum atomic E-state index is 12.3. The van der Waals surface area contributed by atoms with Crippen LogP contribution in [-0.2, 0) is 27.2 Å². The van der Waals surface area contributed by atoms with Gasteiger partial charge in [0, 0.05) is 4.88 Å². The topological polar surface area (TPSA) is 132 Å². The summed E-state index contributed by atoms with van der Waals surface area (Å²) in [5, 5.41) is 24.4. The van der Waals surface area contributed by atoms with Crippen LogP contribution in [0, 0.1) is 0 Å². The Morgan fingerprint density at radius 3 is 2.73 bits per heavy atom. The number of carbonyl (C=O) groups excluding carboxylic acids is 3. The number of nitrogens with two attached hydrogens (primary N) is 1. The van der Waals surface area contributed by atoms with E-state index >= 15 is 0 Å². The van der Waals surface area contributed by atoms with Crippen molar-refractivity contribution in [1.29, 1.82) is 0 Å². The van der Waals surface area contributed by atoms with Crippen LogP contribution >= 0.6 is 11.3 Å². The zero-order valence-electron chi connectivity index (χ0n) is 14.7. The Morgan fingerprint density at radius 1 is 1.35 bits per heavy atom. The van der Waals surface area contributed by atoms with Crippen molar-refractivity contribution >= 4 is 34.2 Å². The Labute approximate surface area is 155 Å². The van der Waals surface area contributed by atoms with E-state index in [2.05, 4.69) is 5.32 Å². The van der Waals surface area contributed by atoms with Crippen molar-refractivity contribution < 1.29 is 34.7 Å². The molecule has 1 aliphatic carbocycles. The van der Waals surface area contributed by atoms with Crippen molar-refractivity contribution in [2.75, 3.05) is 25.1 Å². The number of amides is 1. The number of anilines is 1. The second-order valence-electron chi connectivity index (χ2n) is 6.06. The first-order chi connectivity index (χ1) is 12.5. The van der Waals surface area contributed by atoms with Crippen LogP contribution in [0.2, 0.25) is 0 Å². The number of thiophene rings is 1. The van der Waals surface area contributed by atoms with Gasteiger partial charge >= 0.3 is 5.97 Å². The number of aliphatic hydroxyl groups is 1. The first-order valence-corrected chi connectivity index (χ1v) is 9.56. The Hall–Kier alpha value is -1.97. The predicted octanol–water partition coefficient (Wildman–Crippen LogP) is -1.19. The fourth-order valence-electron chi connectivity index (χ4n) is 2.99. The van der Waals surface area contributed by atoms with Gasteiger partial charge in [-0.3, -0.25) is 4.79 Å². The zero-order valence-corrected chi connectivity index (χ0v) is 15.5. The molecule has 8 nitrogen and oxygen atoms in total. The molecule has 144 valence electrons. The van der Waals surface area contributed by atoms with Gasteiger partial charge in [-0.2, -0.15) is 0 Å². The number of quaternary nitrogens is 1. The van der Waals surface area contributed by atoms with Crippen molar-refractivity contribution in [2.24, 2.45) is 0 Å². The van der Waals surface area contributed by atoms with E-state index in [4.69, 9.17) is 9.84 Å². The summed E-state index contributed by atoms with van der Waals surface area (Å²) in [5.74, 6) is -2.35. The molecule has 1 aromatic rings. The van der Waals surface area contributed by atoms with Crippen molar-refractivity contribution in [3.8, 4) is 0 Å². The normalized spacial score (nSPS) is 14.4. The standard InChI is InChI=1S/C17H24N2O6S/c1-2-25-17(24)14-10-5-3-4-6-12(10)26-15(14)19-13(21)9-11(16(22)23)18-7-8-20/h11,18,20H,2-9H2,1H3,(H,19,21)(H,22,23)/t11-/m1/s1. The Bertz CT molecular complexity index is 672. The first kappa shape index (κ1) is 20.3. The van der Waals surface area contributed by atoms with Gasteiger partial charge in [0.2, 0.25) is 5.91 Å². The maximum absolute atomic E-state index is 12.3. The molecule has 1 aromatic heterocycles. The summed E-state index contributed by atoms with van der Waals surface area (Å²) in [4.78, 5) is 36.9. The molecule has 2 rings (SSSR count). The molecule has 0 saturated heterocycles. The number of rotatable bonds is 9. The number of carboxylic acids is 1. The van der Waals surface area contributed by atoms with Crippen molar-refractivity contribution in [3.05, 3.63) is 16.0 Å². The number of carboxylic acid groups (broad SMARTS) is 1. The van der Waals surface area contributed by atoms with Crippen LogP contribution in [0.1, 0.15) is 47.0 Å². The van der Waals surface area contributed by atoms with Crippen molar-refractivity contribution in [2.45, 2.75) is 45.1 Å². The lowest BCUT2D eigenvalue weighted by Gasteiger charge is -2.16. The van der Waals surface area contributed by atoms with Gasteiger partial charge in [0.1, 0.15) is 11.0 Å². The van der Waals surface area contributed by atoms with Crippen molar-refractivity contribution in [3.63, 3.8) is 0 Å². The zero-order chi connectivity index (χ0) is 19.1. The van der Waals surface area contributed by atoms with Gasteiger partial charge in [-0.1, -0.05) is 0 Å². The molecule has 26 heavy (non-hydrogen) atoms. The number of aliphatic hydroxyl groups excluding tert-OH is 1. The van der Waals surface area contributed by atoms with Gasteiger partial charge in [-0.25, -0.2) is 4.79 Å². The number of nitrogens with one attached hydrogen (secondary N) is 1. The molecule has 0 unspecified atom stereocenters. The van der Waals surface area contributed by atoms with E-state index in [1.54, 1.807) is 6.92 Å². The highest BCUT2D eigenvalue weighted by Crippen LogP contribution is 2.38. The molecule has 4 N–H and O–H groups in total. The van der Waals surface area contributed by atoms with Crippen LogP contribution in [0.3, 0.4) is 0 Å². The summed E-state index contributed by atoms with van der Waals surface area (Å²) >= 11 is 1.35. The molecule has 0 aliphatic heterocycles. The lowest BCUT2D eigenvalue weighted by atomic mass is 9.95. The average Bonchev–Trinajstić information content (AvgIpc) is 2.96. The molecule has 1 aliphatic rings. The van der Waals surface area contributed by atoms with Gasteiger partial charge in [0.25, 0.3) is 0 Å². The number of hydrogen-bond donors (Lipinski definition) is 3. The van der Waals surface area contributed by atoms with E-state index < -0.39 is 23.9 Å². The molecule has 0 aromatic carbocycles. The molecule has 0 bridgehead atoms. The summed E-state index contributed by atoms with van der Waals surface area (Å²) in [6, 6.07) is -1.09. The SMILES string of the molecule is CCOC(=O)c1c(NC(=O)C[C@@H]([NH2+]CCO)C(=O)[O-])sc2c1CCCC2. The fraction of sp³-hybridized carbons (Fsp3) is 0.588. The molecule has 9 heteroatoms. The van der Waals surface area contributed by atoms with Crippen molar-refractivity contribution in [1.82, 2.24) is 0 Å². The average molecular weight is 384 g/mol. The Kier molecular flexibility index (Phi) is 7.55. The van der Waals surface area contributed by atoms with Gasteiger partial charge < -0.3 is 30.4 Å². The minimum absolute atomic E-state index is 0.160. The number of aliphatic carboxylic acids is 1. The highest BCUT2D eigenvalue weighted by molar-refractivity contribution is 7.17. The minimum atomic E-state index is -1.37. The molecule has 1 amide bonds. The number of fused-ring (bicyclic) bond motifs is 1. The summed E-state index contributed by atoms with van der Waals surface area (Å²) in [6.07, 6.45) is 3.32. The summed E-state index contributed by atoms with van der Waals surface area (Å²) in [7, 11) is 0. The number of hydrogen-bond acceptors (Lipinski definition) is 7. The van der Waals surface area contributed by atoms with E-state index in [1.807, 2.05) is 0 Å². The number of carbonyl (C=O) groups is 3. The fourth-order valence-corrected chi connectivity index (χ4v) is 4.28. The van der Waals surface area contributed by atoms with Crippen LogP contribution < -0.4 is 15.7 Å². The first-order valence-electron chi connectivity index (χ1n) is 8.74. The molecular formula is C17H24N2O6S. The third-order valence-electron chi connectivity index (χ3n) is 4.19. The molecule has 1 atom stereocenters. The maximum Gasteiger partial charge on any atom is 0.341 e. The summed E-state index contributed by atoms with van der Waals surface area (Å²) < 4.78 is 5.13. The lowest BCUT2D eigenvalue weighted by molar-refractivity contribution is -0.683. The van der Waals surface area contributed by atoms with Gasteiger partial charge in [0.15, 0.2) is 0 Å². The quantitative estimate of drug-likeness (QED) is 0.459. The molecular weight excluding hydrogens is 360 g/mol. The van der Waals surface area contributed by atoms with Crippen LogP contribution in [0.4, 0.5) is 5.00 Å². The second kappa shape index (κ2) is 9.65. The molecule has 0 radical (unpaired) electrons. The lowest BCUT2D eigenvalue weighted by Crippen LogP contribution is -2.94. The van der Waals surface area contributed by atoms with Crippen LogP contribution in [0.25, 0.3) is 0 Å². The largest absolute Gasteiger partial charge is 0.544 e. The molecule has 0 spiro atoms. The minimum Gasteiger partial charge on any atom is -0.544 e. The number of aryl methyl sites for hydroxylation is 1. The third-order valence-corrected chi connectivity index (χ3v) is 5.40.